The summed E-state index contributed by atoms with van der Waals surface area (Å²) in [6.45, 7) is 12.1. The van der Waals surface area contributed by atoms with Crippen LogP contribution in [0.5, 0.6) is 0 Å². The van der Waals surface area contributed by atoms with Gasteiger partial charge in [0.05, 0.1) is 0 Å². The second-order valence-electron chi connectivity index (χ2n) is 6.64. The van der Waals surface area contributed by atoms with E-state index in [2.05, 4.69) is 36.0 Å². The molecule has 0 aromatic carbocycles. The van der Waals surface area contributed by atoms with Crippen LogP contribution in [0.1, 0.15) is 47.0 Å². The highest BCUT2D eigenvalue weighted by molar-refractivity contribution is 5.78. The number of hydrogen-bond donors (Lipinski definition) is 2. The maximum Gasteiger partial charge on any atom is 0.323 e. The molecule has 0 radical (unpaired) electrons. The van der Waals surface area contributed by atoms with E-state index in [-0.39, 0.29) is 6.04 Å². The third kappa shape index (κ3) is 4.94. The second-order valence-corrected chi connectivity index (χ2v) is 6.64. The molecule has 2 N–H and O–H groups in total. The van der Waals surface area contributed by atoms with E-state index in [1.165, 1.54) is 0 Å². The molecule has 1 rings (SSSR count). The van der Waals surface area contributed by atoms with Crippen LogP contribution in [0.4, 0.5) is 0 Å². The number of carboxylic acids is 1. The van der Waals surface area contributed by atoms with Crippen LogP contribution in [-0.2, 0) is 4.79 Å². The fourth-order valence-electron chi connectivity index (χ4n) is 3.54. The standard InChI is InChI=1S/C16H33N3O2/c1-6-14-12-18(5)9-8-10-19(14)13(3)11-16(4,15(20)21)17-7-2/h13-14,17H,6-12H2,1-5H3,(H,20,21). The first-order valence-electron chi connectivity index (χ1n) is 8.26. The van der Waals surface area contributed by atoms with Crippen LogP contribution in [0.15, 0.2) is 0 Å². The molecule has 0 saturated carbocycles. The molecule has 1 aliphatic rings. The van der Waals surface area contributed by atoms with Gasteiger partial charge in [0.1, 0.15) is 5.54 Å². The summed E-state index contributed by atoms with van der Waals surface area (Å²) in [5, 5.41) is 12.7. The van der Waals surface area contributed by atoms with Gasteiger partial charge in [-0.05, 0) is 59.8 Å². The molecule has 1 aliphatic heterocycles. The summed E-state index contributed by atoms with van der Waals surface area (Å²) in [5.74, 6) is -0.754. The van der Waals surface area contributed by atoms with E-state index in [9.17, 15) is 9.90 Å². The lowest BCUT2D eigenvalue weighted by atomic mass is 9.92. The summed E-state index contributed by atoms with van der Waals surface area (Å²) >= 11 is 0. The molecule has 0 spiro atoms. The van der Waals surface area contributed by atoms with Crippen LogP contribution >= 0.6 is 0 Å². The Morgan fingerprint density at radius 1 is 1.43 bits per heavy atom. The molecule has 0 bridgehead atoms. The number of aliphatic carboxylic acids is 1. The van der Waals surface area contributed by atoms with Crippen molar-refractivity contribution in [3.8, 4) is 0 Å². The largest absolute Gasteiger partial charge is 0.480 e. The van der Waals surface area contributed by atoms with Gasteiger partial charge in [0.15, 0.2) is 0 Å². The first-order valence-corrected chi connectivity index (χ1v) is 8.26. The summed E-state index contributed by atoms with van der Waals surface area (Å²) in [4.78, 5) is 16.5. The normalized spacial score (nSPS) is 26.0. The monoisotopic (exact) mass is 299 g/mol. The van der Waals surface area contributed by atoms with E-state index >= 15 is 0 Å². The van der Waals surface area contributed by atoms with Crippen molar-refractivity contribution in [1.29, 1.82) is 0 Å². The summed E-state index contributed by atoms with van der Waals surface area (Å²) in [5.41, 5.74) is -0.843. The van der Waals surface area contributed by atoms with Gasteiger partial charge in [-0.1, -0.05) is 13.8 Å². The van der Waals surface area contributed by atoms with Crippen molar-refractivity contribution in [2.45, 2.75) is 64.6 Å². The first-order chi connectivity index (χ1) is 9.84. The van der Waals surface area contributed by atoms with Crippen molar-refractivity contribution < 1.29 is 9.90 Å². The summed E-state index contributed by atoms with van der Waals surface area (Å²) < 4.78 is 0. The van der Waals surface area contributed by atoms with E-state index in [0.29, 0.717) is 19.0 Å². The highest BCUT2D eigenvalue weighted by Gasteiger charge is 2.37. The average Bonchev–Trinajstić information content (AvgIpc) is 2.60. The minimum atomic E-state index is -0.843. The number of likely N-dealkylation sites (N-methyl/N-ethyl adjacent to an activating group) is 2. The van der Waals surface area contributed by atoms with E-state index in [1.807, 2.05) is 6.92 Å². The van der Waals surface area contributed by atoms with Crippen LogP contribution in [0.25, 0.3) is 0 Å². The molecule has 3 atom stereocenters. The third-order valence-corrected chi connectivity index (χ3v) is 4.73. The summed E-state index contributed by atoms with van der Waals surface area (Å²) in [7, 11) is 2.18. The number of carboxylic acid groups (broad SMARTS) is 1. The van der Waals surface area contributed by atoms with Gasteiger partial charge in [0.25, 0.3) is 0 Å². The summed E-state index contributed by atoms with van der Waals surface area (Å²) in [6.07, 6.45) is 2.90. The van der Waals surface area contributed by atoms with Crippen molar-refractivity contribution in [3.63, 3.8) is 0 Å². The molecule has 124 valence electrons. The van der Waals surface area contributed by atoms with E-state index in [0.717, 1.165) is 32.5 Å². The quantitative estimate of drug-likeness (QED) is 0.748. The second kappa shape index (κ2) is 8.11. The number of rotatable bonds is 7. The fourth-order valence-corrected chi connectivity index (χ4v) is 3.54. The number of nitrogens with zero attached hydrogens (tertiary/aromatic N) is 2. The Bertz CT molecular complexity index is 337. The van der Waals surface area contributed by atoms with E-state index in [4.69, 9.17) is 0 Å². The highest BCUT2D eigenvalue weighted by atomic mass is 16.4. The Hall–Kier alpha value is -0.650. The van der Waals surface area contributed by atoms with Gasteiger partial charge in [-0.25, -0.2) is 0 Å². The molecule has 0 aromatic heterocycles. The molecular weight excluding hydrogens is 266 g/mol. The van der Waals surface area contributed by atoms with Gasteiger partial charge in [-0.15, -0.1) is 0 Å². The molecule has 0 amide bonds. The van der Waals surface area contributed by atoms with Gasteiger partial charge in [-0.2, -0.15) is 0 Å². The maximum absolute atomic E-state index is 11.6. The number of hydrogen-bond acceptors (Lipinski definition) is 4. The van der Waals surface area contributed by atoms with Gasteiger partial charge in [0, 0.05) is 18.6 Å². The number of carbonyl (C=O) groups is 1. The zero-order valence-electron chi connectivity index (χ0n) is 14.4. The Labute approximate surface area is 129 Å². The van der Waals surface area contributed by atoms with Crippen molar-refractivity contribution in [1.82, 2.24) is 15.1 Å². The highest BCUT2D eigenvalue weighted by Crippen LogP contribution is 2.22. The Kier molecular flexibility index (Phi) is 7.10. The van der Waals surface area contributed by atoms with Crippen LogP contribution in [0.2, 0.25) is 0 Å². The molecule has 21 heavy (non-hydrogen) atoms. The van der Waals surface area contributed by atoms with Crippen LogP contribution < -0.4 is 5.32 Å². The molecule has 0 aromatic rings. The van der Waals surface area contributed by atoms with E-state index < -0.39 is 11.5 Å². The minimum absolute atomic E-state index is 0.265. The van der Waals surface area contributed by atoms with E-state index in [1.54, 1.807) is 6.92 Å². The van der Waals surface area contributed by atoms with Crippen LogP contribution in [0, 0.1) is 0 Å². The molecule has 5 nitrogen and oxygen atoms in total. The van der Waals surface area contributed by atoms with Crippen LogP contribution in [-0.4, -0.2) is 71.7 Å². The molecule has 0 aliphatic carbocycles. The smallest absolute Gasteiger partial charge is 0.323 e. The maximum atomic E-state index is 11.6. The van der Waals surface area contributed by atoms with Crippen LogP contribution in [0.3, 0.4) is 0 Å². The Morgan fingerprint density at radius 3 is 2.62 bits per heavy atom. The minimum Gasteiger partial charge on any atom is -0.480 e. The zero-order chi connectivity index (χ0) is 16.0. The third-order valence-electron chi connectivity index (χ3n) is 4.73. The lowest BCUT2D eigenvalue weighted by Crippen LogP contribution is -2.55. The zero-order valence-corrected chi connectivity index (χ0v) is 14.4. The van der Waals surface area contributed by atoms with Crippen molar-refractivity contribution in [3.05, 3.63) is 0 Å². The summed E-state index contributed by atoms with van der Waals surface area (Å²) in [6, 6.07) is 0.786. The van der Waals surface area contributed by atoms with Crippen molar-refractivity contribution >= 4 is 5.97 Å². The van der Waals surface area contributed by atoms with Gasteiger partial charge in [0.2, 0.25) is 0 Å². The van der Waals surface area contributed by atoms with Gasteiger partial charge < -0.3 is 15.3 Å². The lowest BCUT2D eigenvalue weighted by molar-refractivity contribution is -0.145. The van der Waals surface area contributed by atoms with Crippen molar-refractivity contribution in [2.75, 3.05) is 33.2 Å². The molecule has 5 heteroatoms. The molecule has 3 unspecified atom stereocenters. The fraction of sp³-hybridized carbons (Fsp3) is 0.938. The Morgan fingerprint density at radius 2 is 2.10 bits per heavy atom. The van der Waals surface area contributed by atoms with Gasteiger partial charge in [-0.3, -0.25) is 9.69 Å². The average molecular weight is 299 g/mol. The molecule has 1 saturated heterocycles. The molecular formula is C16H33N3O2. The van der Waals surface area contributed by atoms with Gasteiger partial charge >= 0.3 is 5.97 Å². The molecule has 1 heterocycles. The topological polar surface area (TPSA) is 55.8 Å². The SMILES string of the molecule is CCNC(C)(CC(C)N1CCCN(C)CC1CC)C(=O)O. The Balaban J connectivity index is 2.79. The predicted octanol–water partition coefficient (Wildman–Crippen LogP) is 1.63. The molecule has 1 fully saturated rings. The lowest BCUT2D eigenvalue weighted by Gasteiger charge is -2.39. The number of nitrogens with one attached hydrogen (secondary N) is 1. The predicted molar refractivity (Wildman–Crippen MR) is 86.7 cm³/mol. The van der Waals surface area contributed by atoms with Crippen molar-refractivity contribution in [2.24, 2.45) is 0 Å². The first kappa shape index (κ1) is 18.4.